The van der Waals surface area contributed by atoms with Gasteiger partial charge in [-0.25, -0.2) is 13.1 Å². The van der Waals surface area contributed by atoms with E-state index in [4.69, 9.17) is 11.6 Å². The normalized spacial score (nSPS) is 13.3. The fourth-order valence-electron chi connectivity index (χ4n) is 2.82. The molecule has 7 nitrogen and oxygen atoms in total. The van der Waals surface area contributed by atoms with E-state index in [0.717, 1.165) is 4.47 Å². The topological polar surface area (TPSA) is 93.1 Å². The Morgan fingerprint density at radius 1 is 1.26 bits per heavy atom. The van der Waals surface area contributed by atoms with Crippen molar-refractivity contribution in [1.29, 1.82) is 0 Å². The Morgan fingerprint density at radius 3 is 2.78 bits per heavy atom. The molecule has 2 heterocycles. The molecule has 138 valence electrons. The largest absolute Gasteiger partial charge is 0.325 e. The number of nitrogens with one attached hydrogen (secondary N) is 2. The summed E-state index contributed by atoms with van der Waals surface area (Å²) in [6.45, 7) is 0. The highest BCUT2D eigenvalue weighted by Gasteiger charge is 2.26. The number of aromatic nitrogens is 2. The van der Waals surface area contributed by atoms with Gasteiger partial charge < -0.3 is 5.32 Å². The third-order valence-corrected chi connectivity index (χ3v) is 6.26. The molecular formula is C17H12BrClN4O3S. The smallest absolute Gasteiger partial charge is 0.263 e. The number of hydrogen-bond donors (Lipinski definition) is 2. The fraction of sp³-hybridized carbons (Fsp3) is 0.0588. The van der Waals surface area contributed by atoms with E-state index >= 15 is 0 Å². The van der Waals surface area contributed by atoms with Crippen molar-refractivity contribution in [2.45, 2.75) is 11.3 Å². The van der Waals surface area contributed by atoms with Crippen molar-refractivity contribution in [2.75, 3.05) is 10.0 Å². The predicted molar refractivity (Wildman–Crippen MR) is 106 cm³/mol. The maximum atomic E-state index is 13.0. The van der Waals surface area contributed by atoms with Gasteiger partial charge >= 0.3 is 0 Å². The van der Waals surface area contributed by atoms with E-state index in [-0.39, 0.29) is 22.2 Å². The summed E-state index contributed by atoms with van der Waals surface area (Å²) in [7, 11) is -3.98. The molecule has 0 aliphatic carbocycles. The number of benzene rings is 2. The second-order valence-corrected chi connectivity index (χ2v) is 8.86. The average Bonchev–Trinajstić information content (AvgIpc) is 3.18. The first-order valence-corrected chi connectivity index (χ1v) is 10.4. The summed E-state index contributed by atoms with van der Waals surface area (Å²) in [5.41, 5.74) is 2.03. The van der Waals surface area contributed by atoms with Gasteiger partial charge in [0.25, 0.3) is 10.0 Å². The Hall–Kier alpha value is -2.36. The van der Waals surface area contributed by atoms with Crippen LogP contribution in [-0.4, -0.2) is 24.1 Å². The van der Waals surface area contributed by atoms with E-state index in [9.17, 15) is 13.2 Å². The molecule has 2 aromatic carbocycles. The number of carbonyl (C=O) groups excluding carboxylic acids is 1. The molecule has 4 rings (SSSR count). The Kier molecular flexibility index (Phi) is 4.45. The number of rotatable bonds is 4. The summed E-state index contributed by atoms with van der Waals surface area (Å²) < 4.78 is 30.8. The zero-order valence-corrected chi connectivity index (χ0v) is 16.8. The molecule has 0 atom stereocenters. The molecule has 0 radical (unpaired) electrons. The molecule has 1 amide bonds. The molecule has 0 unspecified atom stereocenters. The maximum Gasteiger partial charge on any atom is 0.263 e. The van der Waals surface area contributed by atoms with Gasteiger partial charge in [0.05, 0.1) is 33.5 Å². The van der Waals surface area contributed by atoms with Crippen molar-refractivity contribution in [3.05, 3.63) is 63.9 Å². The van der Waals surface area contributed by atoms with Crippen molar-refractivity contribution in [3.8, 4) is 5.69 Å². The lowest BCUT2D eigenvalue weighted by molar-refractivity contribution is -0.115. The Morgan fingerprint density at radius 2 is 2.04 bits per heavy atom. The molecule has 0 fully saturated rings. The van der Waals surface area contributed by atoms with Gasteiger partial charge in [-0.2, -0.15) is 5.10 Å². The van der Waals surface area contributed by atoms with Crippen LogP contribution < -0.4 is 10.0 Å². The van der Waals surface area contributed by atoms with E-state index < -0.39 is 10.0 Å². The SMILES string of the molecule is O=C1Cc2cc(S(=O)(=O)Nc3ccccc3-n3cc(Br)cn3)c(Cl)cc2N1. The van der Waals surface area contributed by atoms with Gasteiger partial charge in [-0.15, -0.1) is 0 Å². The van der Waals surface area contributed by atoms with Crippen LogP contribution in [0.25, 0.3) is 5.69 Å². The molecule has 10 heteroatoms. The first kappa shape index (κ1) is 18.0. The number of hydrogen-bond acceptors (Lipinski definition) is 4. The van der Waals surface area contributed by atoms with Gasteiger partial charge in [0.15, 0.2) is 0 Å². The van der Waals surface area contributed by atoms with Crippen molar-refractivity contribution in [1.82, 2.24) is 9.78 Å². The van der Waals surface area contributed by atoms with Gasteiger partial charge in [0.1, 0.15) is 4.90 Å². The highest BCUT2D eigenvalue weighted by molar-refractivity contribution is 9.10. The second-order valence-electron chi connectivity index (χ2n) is 5.89. The molecule has 3 aromatic rings. The molecule has 0 bridgehead atoms. The molecule has 27 heavy (non-hydrogen) atoms. The van der Waals surface area contributed by atoms with Crippen LogP contribution in [0.2, 0.25) is 5.02 Å². The number of amides is 1. The van der Waals surface area contributed by atoms with Gasteiger partial charge in [-0.05, 0) is 45.8 Å². The summed E-state index contributed by atoms with van der Waals surface area (Å²) in [5.74, 6) is -0.196. The quantitative estimate of drug-likeness (QED) is 0.613. The van der Waals surface area contributed by atoms with Crippen LogP contribution >= 0.6 is 27.5 Å². The lowest BCUT2D eigenvalue weighted by atomic mass is 10.2. The zero-order chi connectivity index (χ0) is 19.2. The van der Waals surface area contributed by atoms with Crippen LogP contribution in [0.4, 0.5) is 11.4 Å². The first-order valence-electron chi connectivity index (χ1n) is 7.78. The summed E-state index contributed by atoms with van der Waals surface area (Å²) in [6, 6.07) is 9.74. The molecule has 1 aliphatic heterocycles. The second kappa shape index (κ2) is 6.66. The Bertz CT molecular complexity index is 1180. The number of sulfonamides is 1. The third kappa shape index (κ3) is 3.45. The number of anilines is 2. The van der Waals surface area contributed by atoms with Crippen LogP contribution in [0.1, 0.15) is 5.56 Å². The molecule has 1 aliphatic rings. The average molecular weight is 468 g/mol. The van der Waals surface area contributed by atoms with E-state index in [0.29, 0.717) is 22.6 Å². The molecule has 2 N–H and O–H groups in total. The zero-order valence-electron chi connectivity index (χ0n) is 13.6. The Balaban J connectivity index is 1.74. The summed E-state index contributed by atoms with van der Waals surface area (Å²) in [5, 5.41) is 6.86. The molecule has 0 saturated carbocycles. The minimum absolute atomic E-state index is 0.0303. The minimum Gasteiger partial charge on any atom is -0.325 e. The van der Waals surface area contributed by atoms with Crippen molar-refractivity contribution in [2.24, 2.45) is 0 Å². The molecule has 0 saturated heterocycles. The van der Waals surface area contributed by atoms with E-state index in [2.05, 4.69) is 31.1 Å². The fourth-order valence-corrected chi connectivity index (χ4v) is 4.76. The van der Waals surface area contributed by atoms with E-state index in [1.165, 1.54) is 12.1 Å². The molecule has 1 aromatic heterocycles. The lowest BCUT2D eigenvalue weighted by Gasteiger charge is -2.14. The predicted octanol–water partition coefficient (Wildman–Crippen LogP) is 3.58. The monoisotopic (exact) mass is 466 g/mol. The van der Waals surface area contributed by atoms with Crippen LogP contribution in [-0.2, 0) is 21.2 Å². The lowest BCUT2D eigenvalue weighted by Crippen LogP contribution is -2.15. The standard InChI is InChI=1S/C17H12BrClN4O3S/c18-11-8-20-23(9-11)15-4-2-1-3-13(15)22-27(25,26)16-5-10-6-17(24)21-14(10)7-12(16)19/h1-5,7-9,22H,6H2,(H,21,24). The summed E-state index contributed by atoms with van der Waals surface area (Å²) in [6.07, 6.45) is 3.44. The Labute approximate surface area is 168 Å². The van der Waals surface area contributed by atoms with Gasteiger partial charge in [0.2, 0.25) is 5.91 Å². The van der Waals surface area contributed by atoms with Crippen molar-refractivity contribution < 1.29 is 13.2 Å². The van der Waals surface area contributed by atoms with Crippen LogP contribution in [0.15, 0.2) is 58.2 Å². The summed E-state index contributed by atoms with van der Waals surface area (Å²) >= 11 is 9.49. The van der Waals surface area contributed by atoms with E-state index in [1.54, 1.807) is 41.3 Å². The summed E-state index contributed by atoms with van der Waals surface area (Å²) in [4.78, 5) is 11.4. The molecule has 0 spiro atoms. The van der Waals surface area contributed by atoms with E-state index in [1.807, 2.05) is 0 Å². The van der Waals surface area contributed by atoms with Gasteiger partial charge in [0, 0.05) is 11.9 Å². The van der Waals surface area contributed by atoms with Crippen molar-refractivity contribution in [3.63, 3.8) is 0 Å². The third-order valence-electron chi connectivity index (χ3n) is 4.02. The number of nitrogens with zero attached hydrogens (tertiary/aromatic N) is 2. The molecular weight excluding hydrogens is 456 g/mol. The van der Waals surface area contributed by atoms with Gasteiger partial charge in [-0.3, -0.25) is 9.52 Å². The number of para-hydroxylation sites is 2. The number of carbonyl (C=O) groups is 1. The highest BCUT2D eigenvalue weighted by atomic mass is 79.9. The van der Waals surface area contributed by atoms with Crippen molar-refractivity contribution >= 4 is 54.8 Å². The maximum absolute atomic E-state index is 13.0. The first-order chi connectivity index (χ1) is 12.8. The van der Waals surface area contributed by atoms with Gasteiger partial charge in [-0.1, -0.05) is 23.7 Å². The number of fused-ring (bicyclic) bond motifs is 1. The van der Waals surface area contributed by atoms with Crippen LogP contribution in [0.3, 0.4) is 0 Å². The highest BCUT2D eigenvalue weighted by Crippen LogP contribution is 2.33. The number of halogens is 2. The van der Waals surface area contributed by atoms with Crippen LogP contribution in [0, 0.1) is 0 Å². The van der Waals surface area contributed by atoms with Crippen LogP contribution in [0.5, 0.6) is 0 Å². The minimum atomic E-state index is -3.98.